The average molecular weight is 302 g/mol. The summed E-state index contributed by atoms with van der Waals surface area (Å²) in [6.07, 6.45) is 0.883. The van der Waals surface area contributed by atoms with Gasteiger partial charge in [0.2, 0.25) is 10.0 Å². The van der Waals surface area contributed by atoms with E-state index in [1.54, 1.807) is 0 Å². The summed E-state index contributed by atoms with van der Waals surface area (Å²) in [5, 5.41) is 7.58. The minimum atomic E-state index is -3.98. The number of primary sulfonamides is 1. The van der Waals surface area contributed by atoms with E-state index in [4.69, 9.17) is 5.14 Å². The van der Waals surface area contributed by atoms with Gasteiger partial charge in [0.05, 0.1) is 10.5 Å². The molecule has 2 unspecified atom stereocenters. The maximum absolute atomic E-state index is 13.8. The van der Waals surface area contributed by atoms with Crippen LogP contribution in [0, 0.1) is 11.7 Å². The van der Waals surface area contributed by atoms with Gasteiger partial charge in [0, 0.05) is 6.04 Å². The molecule has 0 fully saturated rings. The molecule has 0 saturated carbocycles. The smallest absolute Gasteiger partial charge is 0.254 e. The summed E-state index contributed by atoms with van der Waals surface area (Å²) in [6.45, 7) is 5.81. The number of carbonyl (C=O) groups is 1. The van der Waals surface area contributed by atoms with Crippen LogP contribution in [0.15, 0.2) is 23.1 Å². The molecule has 0 aliphatic carbocycles. The molecule has 5 nitrogen and oxygen atoms in total. The molecule has 1 rings (SSSR count). The van der Waals surface area contributed by atoms with E-state index in [0.717, 1.165) is 24.6 Å². The van der Waals surface area contributed by atoms with Crippen molar-refractivity contribution in [3.05, 3.63) is 29.6 Å². The predicted molar refractivity (Wildman–Crippen MR) is 74.2 cm³/mol. The van der Waals surface area contributed by atoms with Crippen LogP contribution in [0.3, 0.4) is 0 Å². The molecule has 0 saturated heterocycles. The summed E-state index contributed by atoms with van der Waals surface area (Å²) in [7, 11) is -3.98. The highest BCUT2D eigenvalue weighted by molar-refractivity contribution is 7.89. The molecule has 0 aliphatic rings. The number of halogens is 1. The molecular weight excluding hydrogens is 283 g/mol. The van der Waals surface area contributed by atoms with E-state index in [-0.39, 0.29) is 22.4 Å². The predicted octanol–water partition coefficient (Wildman–Crippen LogP) is 1.64. The minimum Gasteiger partial charge on any atom is -0.349 e. The second-order valence-corrected chi connectivity index (χ2v) is 6.40. The second-order valence-electron chi connectivity index (χ2n) is 4.83. The van der Waals surface area contributed by atoms with Crippen LogP contribution in [0.2, 0.25) is 0 Å². The van der Waals surface area contributed by atoms with Crippen LogP contribution in [0.4, 0.5) is 4.39 Å². The van der Waals surface area contributed by atoms with Gasteiger partial charge < -0.3 is 5.32 Å². The molecule has 0 aromatic heterocycles. The van der Waals surface area contributed by atoms with E-state index in [1.807, 2.05) is 20.8 Å². The van der Waals surface area contributed by atoms with Crippen molar-refractivity contribution in [3.8, 4) is 0 Å². The zero-order valence-electron chi connectivity index (χ0n) is 11.7. The number of nitrogens with two attached hydrogens (primary N) is 1. The first-order valence-corrected chi connectivity index (χ1v) is 7.84. The van der Waals surface area contributed by atoms with E-state index in [1.165, 1.54) is 0 Å². The van der Waals surface area contributed by atoms with Crippen LogP contribution in [-0.4, -0.2) is 20.4 Å². The molecule has 1 aromatic carbocycles. The largest absolute Gasteiger partial charge is 0.349 e. The summed E-state index contributed by atoms with van der Waals surface area (Å²) in [5.74, 6) is -1.23. The number of benzene rings is 1. The fourth-order valence-corrected chi connectivity index (χ4v) is 2.16. The monoisotopic (exact) mass is 302 g/mol. The summed E-state index contributed by atoms with van der Waals surface area (Å²) in [4.78, 5) is 11.6. The number of hydrogen-bond acceptors (Lipinski definition) is 3. The second kappa shape index (κ2) is 6.32. The van der Waals surface area contributed by atoms with Crippen LogP contribution in [0.25, 0.3) is 0 Å². The first-order valence-electron chi connectivity index (χ1n) is 6.30. The van der Waals surface area contributed by atoms with Crippen LogP contribution in [0.1, 0.15) is 37.6 Å². The summed E-state index contributed by atoms with van der Waals surface area (Å²) in [5.41, 5.74) is -0.201. The Morgan fingerprint density at radius 1 is 1.40 bits per heavy atom. The van der Waals surface area contributed by atoms with Gasteiger partial charge in [-0.3, -0.25) is 4.79 Å². The molecule has 0 heterocycles. The summed E-state index contributed by atoms with van der Waals surface area (Å²) < 4.78 is 35.9. The minimum absolute atomic E-state index is 0.107. The van der Waals surface area contributed by atoms with Crippen LogP contribution >= 0.6 is 0 Å². The van der Waals surface area contributed by atoms with Gasteiger partial charge >= 0.3 is 0 Å². The standard InChI is InChI=1S/C13H19FN2O3S/c1-4-8(2)9(3)16-13(17)11-6-5-10(7-12(11)14)20(15,18)19/h5-9H,4H2,1-3H3,(H,16,17)(H2,15,18,19). The number of rotatable bonds is 5. The number of nitrogens with one attached hydrogen (secondary N) is 1. The Labute approximate surface area is 118 Å². The Hall–Kier alpha value is -1.47. The first-order chi connectivity index (χ1) is 9.16. The quantitative estimate of drug-likeness (QED) is 0.866. The van der Waals surface area contributed by atoms with Gasteiger partial charge in [-0.05, 0) is 31.0 Å². The molecule has 0 bridgehead atoms. The molecule has 7 heteroatoms. The molecule has 1 amide bonds. The van der Waals surface area contributed by atoms with E-state index in [9.17, 15) is 17.6 Å². The third-order valence-electron chi connectivity index (χ3n) is 3.37. The zero-order valence-corrected chi connectivity index (χ0v) is 12.5. The highest BCUT2D eigenvalue weighted by Crippen LogP contribution is 2.15. The highest BCUT2D eigenvalue weighted by atomic mass is 32.2. The van der Waals surface area contributed by atoms with Crippen molar-refractivity contribution in [1.29, 1.82) is 0 Å². The van der Waals surface area contributed by atoms with Gasteiger partial charge in [0.1, 0.15) is 5.82 Å². The van der Waals surface area contributed by atoms with E-state index >= 15 is 0 Å². The van der Waals surface area contributed by atoms with Crippen molar-refractivity contribution in [2.75, 3.05) is 0 Å². The Morgan fingerprint density at radius 3 is 2.45 bits per heavy atom. The van der Waals surface area contributed by atoms with Crippen molar-refractivity contribution in [2.45, 2.75) is 38.1 Å². The van der Waals surface area contributed by atoms with Crippen molar-refractivity contribution in [2.24, 2.45) is 11.1 Å². The van der Waals surface area contributed by atoms with Crippen molar-refractivity contribution >= 4 is 15.9 Å². The lowest BCUT2D eigenvalue weighted by Gasteiger charge is -2.20. The maximum atomic E-state index is 13.8. The van der Waals surface area contributed by atoms with Crippen LogP contribution in [-0.2, 0) is 10.0 Å². The molecule has 1 aromatic rings. The number of hydrogen-bond donors (Lipinski definition) is 2. The third-order valence-corrected chi connectivity index (χ3v) is 4.28. The lowest BCUT2D eigenvalue weighted by molar-refractivity contribution is 0.0924. The molecule has 0 aliphatic heterocycles. The summed E-state index contributed by atoms with van der Waals surface area (Å²) >= 11 is 0. The molecule has 20 heavy (non-hydrogen) atoms. The third kappa shape index (κ3) is 4.01. The lowest BCUT2D eigenvalue weighted by Crippen LogP contribution is -2.37. The van der Waals surface area contributed by atoms with Crippen molar-refractivity contribution in [1.82, 2.24) is 5.32 Å². The highest BCUT2D eigenvalue weighted by Gasteiger charge is 2.19. The van der Waals surface area contributed by atoms with Gasteiger partial charge in [-0.25, -0.2) is 17.9 Å². The molecule has 3 N–H and O–H groups in total. The van der Waals surface area contributed by atoms with Crippen LogP contribution < -0.4 is 10.5 Å². The molecule has 2 atom stereocenters. The van der Waals surface area contributed by atoms with Crippen molar-refractivity contribution in [3.63, 3.8) is 0 Å². The Kier molecular flexibility index (Phi) is 5.24. The fourth-order valence-electron chi connectivity index (χ4n) is 1.64. The fraction of sp³-hybridized carbons (Fsp3) is 0.462. The Morgan fingerprint density at radius 2 is 2.00 bits per heavy atom. The van der Waals surface area contributed by atoms with E-state index in [2.05, 4.69) is 5.32 Å². The molecule has 0 spiro atoms. The van der Waals surface area contributed by atoms with E-state index in [0.29, 0.717) is 0 Å². The Balaban J connectivity index is 2.96. The SMILES string of the molecule is CCC(C)C(C)NC(=O)c1ccc(S(N)(=O)=O)cc1F. The molecule has 112 valence electrons. The van der Waals surface area contributed by atoms with Gasteiger partial charge in [-0.15, -0.1) is 0 Å². The number of sulfonamides is 1. The average Bonchev–Trinajstić information content (AvgIpc) is 2.36. The number of carbonyl (C=O) groups excluding carboxylic acids is 1. The van der Waals surface area contributed by atoms with Gasteiger partial charge in [-0.2, -0.15) is 0 Å². The topological polar surface area (TPSA) is 89.3 Å². The lowest BCUT2D eigenvalue weighted by atomic mass is 10.0. The van der Waals surface area contributed by atoms with Crippen molar-refractivity contribution < 1.29 is 17.6 Å². The van der Waals surface area contributed by atoms with Gasteiger partial charge in [0.25, 0.3) is 5.91 Å². The molecule has 0 radical (unpaired) electrons. The van der Waals surface area contributed by atoms with Crippen LogP contribution in [0.5, 0.6) is 0 Å². The van der Waals surface area contributed by atoms with Gasteiger partial charge in [-0.1, -0.05) is 20.3 Å². The first kappa shape index (κ1) is 16.6. The van der Waals surface area contributed by atoms with Gasteiger partial charge in [0.15, 0.2) is 0 Å². The van der Waals surface area contributed by atoms with E-state index < -0.39 is 21.7 Å². The normalized spacial score (nSPS) is 14.7. The molecular formula is C13H19FN2O3S. The number of amides is 1. The zero-order chi connectivity index (χ0) is 15.5. The maximum Gasteiger partial charge on any atom is 0.254 e. The summed E-state index contributed by atoms with van der Waals surface area (Å²) in [6, 6.07) is 2.87. The Bertz CT molecular complexity index is 602.